The van der Waals surface area contributed by atoms with Crippen LogP contribution in [0.4, 0.5) is 0 Å². The van der Waals surface area contributed by atoms with Gasteiger partial charge in [0.15, 0.2) is 0 Å². The predicted molar refractivity (Wildman–Crippen MR) is 104 cm³/mol. The first-order valence-corrected chi connectivity index (χ1v) is 8.99. The molecule has 1 atom stereocenters. The smallest absolute Gasteiger partial charge is 0.107 e. The molecule has 0 amide bonds. The van der Waals surface area contributed by atoms with Crippen LogP contribution < -0.4 is 0 Å². The molecule has 1 aliphatic heterocycles. The van der Waals surface area contributed by atoms with E-state index in [2.05, 4.69) is 24.3 Å². The van der Waals surface area contributed by atoms with Crippen molar-refractivity contribution in [2.45, 2.75) is 6.10 Å². The quantitative estimate of drug-likeness (QED) is 0.363. The summed E-state index contributed by atoms with van der Waals surface area (Å²) in [5.74, 6) is 0. The van der Waals surface area contributed by atoms with E-state index < -0.39 is 0 Å². The fraction of sp³-hybridized carbons (Fsp3) is 0.0909. The molecule has 3 heteroatoms. The zero-order valence-corrected chi connectivity index (χ0v) is 14.8. The summed E-state index contributed by atoms with van der Waals surface area (Å²) >= 11 is 12.7. The minimum atomic E-state index is 0.145. The second-order valence-corrected chi connectivity index (χ2v) is 7.27. The molecule has 0 N–H and O–H groups in total. The number of epoxide rings is 1. The Morgan fingerprint density at radius 2 is 1.60 bits per heavy atom. The Hall–Kier alpha value is -2.06. The van der Waals surface area contributed by atoms with Crippen LogP contribution in [0.25, 0.3) is 22.8 Å². The fourth-order valence-electron chi connectivity index (χ4n) is 3.60. The van der Waals surface area contributed by atoms with Crippen LogP contribution in [-0.4, -0.2) is 6.61 Å². The molecule has 25 heavy (non-hydrogen) atoms. The standard InChI is InChI=1S/C22H14Cl2O/c23-14-6-7-16-18(9-14)17(8-13-4-2-1-3-5-13)19-10-15(24)11-20(22(16)19)21-12-25-21/h1-11,21H,12H2/b17-8-/t21-/m0/s1. The van der Waals surface area contributed by atoms with E-state index >= 15 is 0 Å². The Morgan fingerprint density at radius 3 is 2.36 bits per heavy atom. The van der Waals surface area contributed by atoms with E-state index in [0.29, 0.717) is 0 Å². The molecule has 0 spiro atoms. The van der Waals surface area contributed by atoms with Crippen LogP contribution in [0, 0.1) is 0 Å². The summed E-state index contributed by atoms with van der Waals surface area (Å²) in [7, 11) is 0. The van der Waals surface area contributed by atoms with Gasteiger partial charge >= 0.3 is 0 Å². The number of benzene rings is 3. The first-order chi connectivity index (χ1) is 12.2. The van der Waals surface area contributed by atoms with Crippen LogP contribution in [-0.2, 0) is 4.74 Å². The van der Waals surface area contributed by atoms with Gasteiger partial charge in [-0.05, 0) is 69.3 Å². The van der Waals surface area contributed by atoms with Gasteiger partial charge in [0, 0.05) is 10.0 Å². The Bertz CT molecular complexity index is 1020. The highest BCUT2D eigenvalue weighted by atomic mass is 35.5. The van der Waals surface area contributed by atoms with Crippen molar-refractivity contribution in [3.63, 3.8) is 0 Å². The Morgan fingerprint density at radius 1 is 0.840 bits per heavy atom. The number of hydrogen-bond donors (Lipinski definition) is 0. The maximum absolute atomic E-state index is 6.43. The Balaban J connectivity index is 1.82. The molecule has 122 valence electrons. The van der Waals surface area contributed by atoms with Gasteiger partial charge in [-0.3, -0.25) is 0 Å². The topological polar surface area (TPSA) is 12.5 Å². The van der Waals surface area contributed by atoms with E-state index in [-0.39, 0.29) is 6.10 Å². The molecular weight excluding hydrogens is 351 g/mol. The average molecular weight is 365 g/mol. The van der Waals surface area contributed by atoms with E-state index in [0.717, 1.165) is 38.9 Å². The molecule has 0 bridgehead atoms. The molecule has 3 aromatic rings. The fourth-order valence-corrected chi connectivity index (χ4v) is 4.00. The SMILES string of the molecule is Clc1ccc2c(c1)/C(=C/c1ccccc1)c1cc(Cl)cc([C@@H]3CO3)c1-2. The number of ether oxygens (including phenoxy) is 1. The summed E-state index contributed by atoms with van der Waals surface area (Å²) in [4.78, 5) is 0. The van der Waals surface area contributed by atoms with Crippen LogP contribution in [0.15, 0.2) is 60.7 Å². The summed E-state index contributed by atoms with van der Waals surface area (Å²) in [5.41, 5.74) is 8.20. The predicted octanol–water partition coefficient (Wildman–Crippen LogP) is 6.63. The first-order valence-electron chi connectivity index (χ1n) is 8.23. The molecule has 1 fully saturated rings. The van der Waals surface area contributed by atoms with Gasteiger partial charge in [-0.2, -0.15) is 0 Å². The largest absolute Gasteiger partial charge is 0.368 e. The van der Waals surface area contributed by atoms with Gasteiger partial charge < -0.3 is 4.74 Å². The van der Waals surface area contributed by atoms with E-state index in [1.165, 1.54) is 16.7 Å². The molecule has 1 nitrogen and oxygen atoms in total. The van der Waals surface area contributed by atoms with Crippen molar-refractivity contribution in [2.24, 2.45) is 0 Å². The van der Waals surface area contributed by atoms with E-state index in [1.54, 1.807) is 0 Å². The summed E-state index contributed by atoms with van der Waals surface area (Å²) < 4.78 is 5.56. The van der Waals surface area contributed by atoms with Crippen molar-refractivity contribution in [1.29, 1.82) is 0 Å². The summed E-state index contributed by atoms with van der Waals surface area (Å²) in [6.45, 7) is 0.757. The lowest BCUT2D eigenvalue weighted by molar-refractivity contribution is 0.416. The van der Waals surface area contributed by atoms with Crippen molar-refractivity contribution in [2.75, 3.05) is 6.61 Å². The summed E-state index contributed by atoms with van der Waals surface area (Å²) in [6.07, 6.45) is 2.35. The minimum Gasteiger partial charge on any atom is -0.368 e. The molecule has 1 heterocycles. The van der Waals surface area contributed by atoms with Crippen LogP contribution in [0.2, 0.25) is 10.0 Å². The third-order valence-corrected chi connectivity index (χ3v) is 5.21. The summed E-state index contributed by atoms with van der Waals surface area (Å²) in [5, 5.41) is 1.47. The highest BCUT2D eigenvalue weighted by Gasteiger charge is 2.34. The third-order valence-electron chi connectivity index (χ3n) is 4.76. The van der Waals surface area contributed by atoms with E-state index in [9.17, 15) is 0 Å². The third kappa shape index (κ3) is 2.60. The molecule has 0 saturated carbocycles. The van der Waals surface area contributed by atoms with Gasteiger partial charge in [0.2, 0.25) is 0 Å². The Kier molecular flexibility index (Phi) is 3.49. The molecule has 1 saturated heterocycles. The maximum atomic E-state index is 6.43. The van der Waals surface area contributed by atoms with Gasteiger partial charge in [-0.15, -0.1) is 0 Å². The lowest BCUT2D eigenvalue weighted by Crippen LogP contribution is -1.89. The average Bonchev–Trinajstić information content (AvgIpc) is 3.41. The molecule has 2 aliphatic rings. The molecule has 0 unspecified atom stereocenters. The van der Waals surface area contributed by atoms with Gasteiger partial charge in [0.25, 0.3) is 0 Å². The number of halogens is 2. The van der Waals surface area contributed by atoms with Gasteiger partial charge in [-0.25, -0.2) is 0 Å². The normalized spacial score (nSPS) is 19.0. The molecule has 0 aromatic heterocycles. The van der Waals surface area contributed by atoms with Crippen molar-refractivity contribution in [1.82, 2.24) is 0 Å². The molecule has 0 radical (unpaired) electrons. The van der Waals surface area contributed by atoms with Gasteiger partial charge in [0.1, 0.15) is 6.10 Å². The van der Waals surface area contributed by atoms with Crippen LogP contribution >= 0.6 is 23.2 Å². The van der Waals surface area contributed by atoms with Crippen LogP contribution in [0.1, 0.15) is 28.4 Å². The molecule has 3 aromatic carbocycles. The molecule has 1 aliphatic carbocycles. The minimum absolute atomic E-state index is 0.145. The number of fused-ring (bicyclic) bond motifs is 3. The lowest BCUT2D eigenvalue weighted by Gasteiger charge is -2.08. The van der Waals surface area contributed by atoms with Crippen LogP contribution in [0.5, 0.6) is 0 Å². The number of rotatable bonds is 2. The van der Waals surface area contributed by atoms with E-state index in [1.807, 2.05) is 42.5 Å². The lowest BCUT2D eigenvalue weighted by atomic mass is 9.97. The van der Waals surface area contributed by atoms with Crippen molar-refractivity contribution < 1.29 is 4.74 Å². The zero-order chi connectivity index (χ0) is 17.0. The Labute approximate surface area is 156 Å². The first kappa shape index (κ1) is 15.2. The van der Waals surface area contributed by atoms with Crippen LogP contribution in [0.3, 0.4) is 0 Å². The van der Waals surface area contributed by atoms with E-state index in [4.69, 9.17) is 27.9 Å². The zero-order valence-electron chi connectivity index (χ0n) is 13.3. The van der Waals surface area contributed by atoms with Crippen molar-refractivity contribution in [3.8, 4) is 11.1 Å². The maximum Gasteiger partial charge on any atom is 0.107 e. The van der Waals surface area contributed by atoms with Gasteiger partial charge in [0.05, 0.1) is 6.61 Å². The van der Waals surface area contributed by atoms with Gasteiger partial charge in [-0.1, -0.05) is 59.6 Å². The molecular formula is C22H14Cl2O. The highest BCUT2D eigenvalue weighted by Crippen LogP contribution is 2.51. The second kappa shape index (κ2) is 5.74. The highest BCUT2D eigenvalue weighted by molar-refractivity contribution is 6.32. The van der Waals surface area contributed by atoms with Crippen molar-refractivity contribution >= 4 is 34.9 Å². The monoisotopic (exact) mass is 364 g/mol. The molecule has 5 rings (SSSR count). The number of hydrogen-bond acceptors (Lipinski definition) is 1. The second-order valence-electron chi connectivity index (χ2n) is 6.40. The van der Waals surface area contributed by atoms with Crippen molar-refractivity contribution in [3.05, 3.63) is 93.0 Å². The summed E-state index contributed by atoms with van der Waals surface area (Å²) in [6, 6.07) is 20.5.